The molecule has 1 aliphatic carbocycles. The minimum absolute atomic E-state index is 0.0426. The normalized spacial score (nSPS) is 22.1. The summed E-state index contributed by atoms with van der Waals surface area (Å²) in [5.41, 5.74) is -0.0426. The molecule has 0 unspecified atom stereocenters. The molecule has 0 amide bonds. The lowest BCUT2D eigenvalue weighted by molar-refractivity contribution is 0.0584. The molecule has 0 saturated heterocycles. The molecular weight excluding hydrogens is 238 g/mol. The largest absolute Gasteiger partial charge is 0.484 e. The highest BCUT2D eigenvalue weighted by Gasteiger charge is 2.31. The number of hydrogen-bond donors (Lipinski definition) is 1. The third-order valence-electron chi connectivity index (χ3n) is 3.10. The van der Waals surface area contributed by atoms with Crippen molar-refractivity contribution in [1.29, 1.82) is 5.26 Å². The van der Waals surface area contributed by atoms with Crippen molar-refractivity contribution >= 4 is 0 Å². The summed E-state index contributed by atoms with van der Waals surface area (Å²) in [4.78, 5) is 0. The quantitative estimate of drug-likeness (QED) is 0.893. The molecule has 1 aromatic rings. The number of nitrogens with one attached hydrogen (secondary N) is 1. The van der Waals surface area contributed by atoms with Gasteiger partial charge in [0.15, 0.2) is 17.4 Å². The monoisotopic (exact) mass is 252 g/mol. The van der Waals surface area contributed by atoms with Gasteiger partial charge in [0.1, 0.15) is 0 Å². The van der Waals surface area contributed by atoms with Crippen molar-refractivity contribution in [1.82, 2.24) is 5.32 Å². The zero-order valence-corrected chi connectivity index (χ0v) is 10.0. The predicted molar refractivity (Wildman–Crippen MR) is 62.1 cm³/mol. The van der Waals surface area contributed by atoms with Crippen LogP contribution >= 0.6 is 0 Å². The fourth-order valence-corrected chi connectivity index (χ4v) is 2.13. The summed E-state index contributed by atoms with van der Waals surface area (Å²) in [6.45, 7) is 0.887. The minimum Gasteiger partial charge on any atom is -0.484 e. The highest BCUT2D eigenvalue weighted by molar-refractivity contribution is 5.37. The van der Waals surface area contributed by atoms with Crippen LogP contribution in [0.25, 0.3) is 0 Å². The summed E-state index contributed by atoms with van der Waals surface area (Å²) < 4.78 is 32.4. The average Bonchev–Trinajstić information content (AvgIpc) is 2.29. The molecule has 0 radical (unpaired) electrons. The van der Waals surface area contributed by atoms with Crippen molar-refractivity contribution in [3.8, 4) is 11.8 Å². The molecule has 0 spiro atoms. The maximum absolute atomic E-state index is 13.5. The van der Waals surface area contributed by atoms with Crippen LogP contribution in [0.3, 0.4) is 0 Å². The highest BCUT2D eigenvalue weighted by atomic mass is 19.1. The van der Waals surface area contributed by atoms with Crippen LogP contribution in [0, 0.1) is 28.9 Å². The van der Waals surface area contributed by atoms with E-state index in [2.05, 4.69) is 5.32 Å². The Labute approximate surface area is 104 Å². The SMILES string of the molecule is CNCC1CC(Oc2c(F)cc(C#N)cc2F)C1. The van der Waals surface area contributed by atoms with Gasteiger partial charge in [-0.2, -0.15) is 5.26 Å². The Hall–Kier alpha value is -1.67. The maximum Gasteiger partial charge on any atom is 0.191 e. The highest BCUT2D eigenvalue weighted by Crippen LogP contribution is 2.33. The Kier molecular flexibility index (Phi) is 3.78. The molecule has 0 aliphatic heterocycles. The van der Waals surface area contributed by atoms with Gasteiger partial charge < -0.3 is 10.1 Å². The molecule has 0 heterocycles. The molecule has 18 heavy (non-hydrogen) atoms. The molecule has 1 aliphatic rings. The van der Waals surface area contributed by atoms with Gasteiger partial charge >= 0.3 is 0 Å². The lowest BCUT2D eigenvalue weighted by Crippen LogP contribution is -2.39. The summed E-state index contributed by atoms with van der Waals surface area (Å²) in [6.07, 6.45) is 1.44. The van der Waals surface area contributed by atoms with Crippen molar-refractivity contribution in [3.63, 3.8) is 0 Å². The van der Waals surface area contributed by atoms with Gasteiger partial charge in [-0.25, -0.2) is 8.78 Å². The zero-order chi connectivity index (χ0) is 13.1. The molecule has 2 rings (SSSR count). The number of ether oxygens (including phenoxy) is 1. The van der Waals surface area contributed by atoms with Crippen LogP contribution in [0.5, 0.6) is 5.75 Å². The van der Waals surface area contributed by atoms with E-state index >= 15 is 0 Å². The Morgan fingerprint density at radius 3 is 2.50 bits per heavy atom. The first-order valence-electron chi connectivity index (χ1n) is 5.84. The van der Waals surface area contributed by atoms with Crippen LogP contribution in [-0.2, 0) is 0 Å². The van der Waals surface area contributed by atoms with Crippen LogP contribution in [-0.4, -0.2) is 19.7 Å². The van der Waals surface area contributed by atoms with Gasteiger partial charge in [0.25, 0.3) is 0 Å². The van der Waals surface area contributed by atoms with E-state index in [-0.39, 0.29) is 17.4 Å². The molecule has 0 aromatic heterocycles. The summed E-state index contributed by atoms with van der Waals surface area (Å²) in [5, 5.41) is 11.6. The first-order valence-corrected chi connectivity index (χ1v) is 5.84. The minimum atomic E-state index is -0.816. The number of halogens is 2. The number of rotatable bonds is 4. The topological polar surface area (TPSA) is 45.0 Å². The van der Waals surface area contributed by atoms with Gasteiger partial charge in [0.05, 0.1) is 17.7 Å². The lowest BCUT2D eigenvalue weighted by Gasteiger charge is -2.35. The van der Waals surface area contributed by atoms with Gasteiger partial charge in [-0.05, 0) is 44.5 Å². The van der Waals surface area contributed by atoms with E-state index in [0.717, 1.165) is 31.5 Å². The van der Waals surface area contributed by atoms with Crippen LogP contribution in [0.2, 0.25) is 0 Å². The second-order valence-corrected chi connectivity index (χ2v) is 4.52. The van der Waals surface area contributed by atoms with E-state index in [1.165, 1.54) is 0 Å². The van der Waals surface area contributed by atoms with Crippen LogP contribution in [0.1, 0.15) is 18.4 Å². The molecule has 96 valence electrons. The number of hydrogen-bond acceptors (Lipinski definition) is 3. The van der Waals surface area contributed by atoms with Crippen molar-refractivity contribution in [2.45, 2.75) is 18.9 Å². The summed E-state index contributed by atoms with van der Waals surface area (Å²) in [5.74, 6) is -1.50. The molecule has 1 fully saturated rings. The fraction of sp³-hybridized carbons (Fsp3) is 0.462. The molecule has 0 bridgehead atoms. The van der Waals surface area contributed by atoms with Crippen molar-refractivity contribution < 1.29 is 13.5 Å². The third-order valence-corrected chi connectivity index (χ3v) is 3.10. The predicted octanol–water partition coefficient (Wildman–Crippen LogP) is 2.21. The first-order chi connectivity index (χ1) is 8.63. The van der Waals surface area contributed by atoms with E-state index in [1.54, 1.807) is 6.07 Å². The van der Waals surface area contributed by atoms with Gasteiger partial charge in [0, 0.05) is 0 Å². The number of nitrogens with zero attached hydrogens (tertiary/aromatic N) is 1. The second-order valence-electron chi connectivity index (χ2n) is 4.52. The van der Waals surface area contributed by atoms with Crippen molar-refractivity contribution in [3.05, 3.63) is 29.3 Å². The standard InChI is InChI=1S/C13H14F2N2O/c1-17-7-9-2-10(3-9)18-13-11(14)4-8(6-16)5-12(13)15/h4-5,9-10,17H,2-3,7H2,1H3. The summed E-state index contributed by atoms with van der Waals surface area (Å²) >= 11 is 0. The van der Waals surface area contributed by atoms with Crippen LogP contribution in [0.15, 0.2) is 12.1 Å². The zero-order valence-electron chi connectivity index (χ0n) is 10.0. The smallest absolute Gasteiger partial charge is 0.191 e. The maximum atomic E-state index is 13.5. The summed E-state index contributed by atoms with van der Waals surface area (Å²) in [6, 6.07) is 3.67. The number of benzene rings is 1. The second kappa shape index (κ2) is 5.32. The van der Waals surface area contributed by atoms with Crippen molar-refractivity contribution in [2.24, 2.45) is 5.92 Å². The van der Waals surface area contributed by atoms with E-state index in [9.17, 15) is 8.78 Å². The van der Waals surface area contributed by atoms with Gasteiger partial charge in [0.2, 0.25) is 0 Å². The van der Waals surface area contributed by atoms with Crippen LogP contribution < -0.4 is 10.1 Å². The lowest BCUT2D eigenvalue weighted by atomic mass is 9.82. The molecule has 1 saturated carbocycles. The molecule has 0 atom stereocenters. The fourth-order valence-electron chi connectivity index (χ4n) is 2.13. The number of nitriles is 1. The van der Waals surface area contributed by atoms with Crippen LogP contribution in [0.4, 0.5) is 8.78 Å². The Morgan fingerprint density at radius 1 is 1.39 bits per heavy atom. The Bertz CT molecular complexity index is 455. The van der Waals surface area contributed by atoms with E-state index in [1.807, 2.05) is 7.05 Å². The van der Waals surface area contributed by atoms with E-state index in [4.69, 9.17) is 10.00 Å². The van der Waals surface area contributed by atoms with E-state index < -0.39 is 11.6 Å². The molecule has 1 N–H and O–H groups in total. The molecule has 5 heteroatoms. The van der Waals surface area contributed by atoms with Crippen molar-refractivity contribution in [2.75, 3.05) is 13.6 Å². The first kappa shape index (κ1) is 12.8. The molecular formula is C13H14F2N2O. The molecule has 3 nitrogen and oxygen atoms in total. The summed E-state index contributed by atoms with van der Waals surface area (Å²) in [7, 11) is 1.87. The van der Waals surface area contributed by atoms with Gasteiger partial charge in [-0.1, -0.05) is 0 Å². The average molecular weight is 252 g/mol. The van der Waals surface area contributed by atoms with E-state index in [0.29, 0.717) is 5.92 Å². The van der Waals surface area contributed by atoms with Gasteiger partial charge in [-0.3, -0.25) is 0 Å². The Morgan fingerprint density at radius 2 is 2.00 bits per heavy atom. The Balaban J connectivity index is 2.01. The molecule has 1 aromatic carbocycles. The van der Waals surface area contributed by atoms with Gasteiger partial charge in [-0.15, -0.1) is 0 Å². The third kappa shape index (κ3) is 2.59.